The molecule has 0 aliphatic carbocycles. The molecule has 1 aliphatic heterocycles. The number of hydrogen-bond acceptors (Lipinski definition) is 4. The van der Waals surface area contributed by atoms with Crippen LogP contribution in [0.15, 0.2) is 54.6 Å². The molecule has 2 N–H and O–H groups in total. The molecule has 4 nitrogen and oxygen atoms in total. The Morgan fingerprint density at radius 3 is 2.36 bits per heavy atom. The van der Waals surface area contributed by atoms with Crippen LogP contribution < -0.4 is 19.9 Å². The van der Waals surface area contributed by atoms with E-state index in [1.807, 2.05) is 30.3 Å². The maximum absolute atomic E-state index is 6.04. The highest BCUT2D eigenvalue weighted by atomic mass is 16.6. The van der Waals surface area contributed by atoms with Crippen LogP contribution in [0.3, 0.4) is 0 Å². The van der Waals surface area contributed by atoms with Crippen molar-refractivity contribution in [1.29, 1.82) is 0 Å². The van der Waals surface area contributed by atoms with Crippen molar-refractivity contribution in [3.8, 4) is 23.0 Å². The number of rotatable bonds is 2. The highest BCUT2D eigenvalue weighted by molar-refractivity contribution is 5.83. The Labute approximate surface area is 128 Å². The molecule has 3 aromatic rings. The van der Waals surface area contributed by atoms with E-state index in [0.717, 1.165) is 11.1 Å². The molecule has 0 atom stereocenters. The highest BCUT2D eigenvalue weighted by Crippen LogP contribution is 2.40. The number of fused-ring (bicyclic) bond motifs is 2. The SMILES string of the molecule is Nc1cc2c(cc1Oc1ccc3ccccc3c1)OCCO2. The predicted octanol–water partition coefficient (Wildman–Crippen LogP) is 3.99. The van der Waals surface area contributed by atoms with Crippen LogP contribution in [0, 0.1) is 0 Å². The average Bonchev–Trinajstić information content (AvgIpc) is 2.55. The summed E-state index contributed by atoms with van der Waals surface area (Å²) in [5.74, 6) is 2.63. The summed E-state index contributed by atoms with van der Waals surface area (Å²) < 4.78 is 17.0. The molecule has 110 valence electrons. The molecule has 0 aromatic heterocycles. The van der Waals surface area contributed by atoms with Crippen LogP contribution in [0.25, 0.3) is 10.8 Å². The van der Waals surface area contributed by atoms with Gasteiger partial charge in [-0.15, -0.1) is 0 Å². The lowest BCUT2D eigenvalue weighted by atomic mass is 10.1. The number of nitrogen functional groups attached to an aromatic ring is 1. The van der Waals surface area contributed by atoms with Gasteiger partial charge in [-0.1, -0.05) is 30.3 Å². The molecule has 4 heteroatoms. The first-order valence-corrected chi connectivity index (χ1v) is 7.15. The molecule has 0 amide bonds. The van der Waals surface area contributed by atoms with Gasteiger partial charge in [0, 0.05) is 12.1 Å². The molecular formula is C18H15NO3. The van der Waals surface area contributed by atoms with Gasteiger partial charge in [0.05, 0.1) is 5.69 Å². The largest absolute Gasteiger partial charge is 0.486 e. The van der Waals surface area contributed by atoms with Crippen molar-refractivity contribution in [2.75, 3.05) is 18.9 Å². The molecule has 0 spiro atoms. The summed E-state index contributed by atoms with van der Waals surface area (Å²) >= 11 is 0. The van der Waals surface area contributed by atoms with Crippen molar-refractivity contribution < 1.29 is 14.2 Å². The van der Waals surface area contributed by atoms with Crippen LogP contribution in [0.4, 0.5) is 5.69 Å². The molecule has 22 heavy (non-hydrogen) atoms. The first-order chi connectivity index (χ1) is 10.8. The topological polar surface area (TPSA) is 53.7 Å². The van der Waals surface area contributed by atoms with E-state index in [1.165, 1.54) is 5.39 Å². The molecule has 0 saturated carbocycles. The van der Waals surface area contributed by atoms with Crippen LogP contribution in [-0.4, -0.2) is 13.2 Å². The number of nitrogens with two attached hydrogens (primary N) is 1. The van der Waals surface area contributed by atoms with E-state index in [9.17, 15) is 0 Å². The molecule has 3 aromatic carbocycles. The van der Waals surface area contributed by atoms with Crippen LogP contribution in [0.1, 0.15) is 0 Å². The summed E-state index contributed by atoms with van der Waals surface area (Å²) in [5.41, 5.74) is 6.57. The molecular weight excluding hydrogens is 278 g/mol. The van der Waals surface area contributed by atoms with E-state index in [0.29, 0.717) is 36.1 Å². The highest BCUT2D eigenvalue weighted by Gasteiger charge is 2.15. The fourth-order valence-electron chi connectivity index (χ4n) is 2.53. The van der Waals surface area contributed by atoms with Crippen molar-refractivity contribution in [1.82, 2.24) is 0 Å². The fraction of sp³-hybridized carbons (Fsp3) is 0.111. The molecule has 1 heterocycles. The fourth-order valence-corrected chi connectivity index (χ4v) is 2.53. The maximum atomic E-state index is 6.04. The molecule has 1 aliphatic rings. The number of anilines is 1. The second-order valence-corrected chi connectivity index (χ2v) is 5.14. The maximum Gasteiger partial charge on any atom is 0.165 e. The van der Waals surface area contributed by atoms with Gasteiger partial charge in [0.1, 0.15) is 19.0 Å². The van der Waals surface area contributed by atoms with Crippen molar-refractivity contribution in [3.05, 3.63) is 54.6 Å². The van der Waals surface area contributed by atoms with Crippen molar-refractivity contribution in [3.63, 3.8) is 0 Å². The number of hydrogen-bond donors (Lipinski definition) is 1. The van der Waals surface area contributed by atoms with Gasteiger partial charge in [-0.25, -0.2) is 0 Å². The van der Waals surface area contributed by atoms with Crippen LogP contribution in [-0.2, 0) is 0 Å². The van der Waals surface area contributed by atoms with Crippen molar-refractivity contribution in [2.45, 2.75) is 0 Å². The second-order valence-electron chi connectivity index (χ2n) is 5.14. The van der Waals surface area contributed by atoms with E-state index in [-0.39, 0.29) is 0 Å². The van der Waals surface area contributed by atoms with Crippen LogP contribution in [0.2, 0.25) is 0 Å². The van der Waals surface area contributed by atoms with Gasteiger partial charge in [0.25, 0.3) is 0 Å². The molecule has 0 fully saturated rings. The summed E-state index contributed by atoms with van der Waals surface area (Å²) in [6, 6.07) is 17.6. The first kappa shape index (κ1) is 12.8. The summed E-state index contributed by atoms with van der Waals surface area (Å²) in [7, 11) is 0. The molecule has 0 unspecified atom stereocenters. The van der Waals surface area contributed by atoms with Crippen molar-refractivity contribution >= 4 is 16.5 Å². The lowest BCUT2D eigenvalue weighted by Gasteiger charge is -2.20. The summed E-state index contributed by atoms with van der Waals surface area (Å²) in [6.07, 6.45) is 0. The molecule has 0 radical (unpaired) electrons. The molecule has 0 bridgehead atoms. The van der Waals surface area contributed by atoms with Crippen LogP contribution in [0.5, 0.6) is 23.0 Å². The Hall–Kier alpha value is -2.88. The van der Waals surface area contributed by atoms with Gasteiger partial charge < -0.3 is 19.9 Å². The molecule has 0 saturated heterocycles. The third kappa shape index (κ3) is 2.29. The Morgan fingerprint density at radius 2 is 1.55 bits per heavy atom. The second kappa shape index (κ2) is 5.15. The van der Waals surface area contributed by atoms with Gasteiger partial charge in [0.15, 0.2) is 17.2 Å². The van der Waals surface area contributed by atoms with Gasteiger partial charge in [-0.3, -0.25) is 0 Å². The lowest BCUT2D eigenvalue weighted by molar-refractivity contribution is 0.171. The monoisotopic (exact) mass is 293 g/mol. The van der Waals surface area contributed by atoms with E-state index in [4.69, 9.17) is 19.9 Å². The Kier molecular flexibility index (Phi) is 3.00. The summed E-state index contributed by atoms with van der Waals surface area (Å²) in [6.45, 7) is 1.07. The third-order valence-electron chi connectivity index (χ3n) is 3.62. The molecule has 4 rings (SSSR count). The average molecular weight is 293 g/mol. The summed E-state index contributed by atoms with van der Waals surface area (Å²) in [4.78, 5) is 0. The lowest BCUT2D eigenvalue weighted by Crippen LogP contribution is -2.15. The van der Waals surface area contributed by atoms with E-state index < -0.39 is 0 Å². The van der Waals surface area contributed by atoms with Gasteiger partial charge in [-0.05, 0) is 22.9 Å². The smallest absolute Gasteiger partial charge is 0.165 e. The Morgan fingerprint density at radius 1 is 0.818 bits per heavy atom. The van der Waals surface area contributed by atoms with E-state index in [2.05, 4.69) is 12.1 Å². The van der Waals surface area contributed by atoms with Gasteiger partial charge in [-0.2, -0.15) is 0 Å². The summed E-state index contributed by atoms with van der Waals surface area (Å²) in [5, 5.41) is 2.29. The van der Waals surface area contributed by atoms with E-state index >= 15 is 0 Å². The zero-order valence-corrected chi connectivity index (χ0v) is 11.9. The zero-order chi connectivity index (χ0) is 14.9. The van der Waals surface area contributed by atoms with Gasteiger partial charge >= 0.3 is 0 Å². The van der Waals surface area contributed by atoms with Gasteiger partial charge in [0.2, 0.25) is 0 Å². The Bertz CT molecular complexity index is 845. The minimum absolute atomic E-state index is 0.525. The zero-order valence-electron chi connectivity index (χ0n) is 11.9. The van der Waals surface area contributed by atoms with Crippen LogP contribution >= 0.6 is 0 Å². The third-order valence-corrected chi connectivity index (χ3v) is 3.62. The minimum atomic E-state index is 0.525. The number of benzene rings is 3. The van der Waals surface area contributed by atoms with Crippen molar-refractivity contribution in [2.24, 2.45) is 0 Å². The quantitative estimate of drug-likeness (QED) is 0.726. The minimum Gasteiger partial charge on any atom is -0.486 e. The number of ether oxygens (including phenoxy) is 3. The Balaban J connectivity index is 1.69. The normalized spacial score (nSPS) is 13.1. The van der Waals surface area contributed by atoms with E-state index in [1.54, 1.807) is 12.1 Å². The first-order valence-electron chi connectivity index (χ1n) is 7.15. The predicted molar refractivity (Wildman–Crippen MR) is 85.9 cm³/mol. The standard InChI is InChI=1S/C18H15NO3/c19-15-10-17-18(21-8-7-20-17)11-16(15)22-14-6-5-12-3-1-2-4-13(12)9-14/h1-6,9-11H,7-8,19H2.